The van der Waals surface area contributed by atoms with Crippen LogP contribution in [0.2, 0.25) is 0 Å². The molecule has 1 aliphatic rings. The molecule has 0 aromatic heterocycles. The summed E-state index contributed by atoms with van der Waals surface area (Å²) in [6, 6.07) is 10.0. The number of carboxylic acid groups (broad SMARTS) is 1. The summed E-state index contributed by atoms with van der Waals surface area (Å²) in [4.78, 5) is 23.7. The Morgan fingerprint density at radius 2 is 1.64 bits per heavy atom. The number of benzene rings is 2. The van der Waals surface area contributed by atoms with E-state index in [-0.39, 0.29) is 18.1 Å². The topological polar surface area (TPSA) is 95.9 Å². The molecule has 1 amide bonds. The van der Waals surface area contributed by atoms with Gasteiger partial charge in [-0.1, -0.05) is 12.1 Å². The second kappa shape index (κ2) is 7.21. The van der Waals surface area contributed by atoms with Crippen molar-refractivity contribution in [3.63, 3.8) is 0 Å². The average molecular weight is 343 g/mol. The van der Waals surface area contributed by atoms with Crippen molar-refractivity contribution >= 4 is 22.6 Å². The van der Waals surface area contributed by atoms with Gasteiger partial charge in [0.25, 0.3) is 5.91 Å². The zero-order valence-electron chi connectivity index (χ0n) is 13.8. The number of carbonyl (C=O) groups is 2. The van der Waals surface area contributed by atoms with E-state index in [1.165, 1.54) is 6.07 Å². The molecule has 1 heterocycles. The third kappa shape index (κ3) is 3.81. The highest BCUT2D eigenvalue weighted by molar-refractivity contribution is 6.00. The van der Waals surface area contributed by atoms with Gasteiger partial charge in [0.2, 0.25) is 0 Å². The molecule has 3 N–H and O–H groups in total. The fraction of sp³-hybridized carbons (Fsp3) is 0.368. The molecule has 2 aromatic carbocycles. The standard InChI is InChI=1S/C19H21NO5/c21-8-5-19(6-9-25-10-7-19)20-17(22)15-3-1-14-12-16(18(23)24)4-2-13(14)11-15/h1-4,11-12,21H,5-10H2,(H,20,22)(H,23,24). The van der Waals surface area contributed by atoms with Crippen LogP contribution in [-0.2, 0) is 4.74 Å². The van der Waals surface area contributed by atoms with E-state index in [1.54, 1.807) is 30.3 Å². The van der Waals surface area contributed by atoms with Crippen molar-refractivity contribution in [3.05, 3.63) is 47.5 Å². The van der Waals surface area contributed by atoms with E-state index >= 15 is 0 Å². The first-order valence-electron chi connectivity index (χ1n) is 8.31. The Kier molecular flexibility index (Phi) is 5.01. The van der Waals surface area contributed by atoms with E-state index in [0.717, 1.165) is 10.8 Å². The number of ether oxygens (including phenoxy) is 1. The Hall–Kier alpha value is -2.44. The van der Waals surface area contributed by atoms with Crippen molar-refractivity contribution in [2.75, 3.05) is 19.8 Å². The van der Waals surface area contributed by atoms with E-state index in [0.29, 0.717) is 38.0 Å². The van der Waals surface area contributed by atoms with Crippen molar-refractivity contribution < 1.29 is 24.5 Å². The Balaban J connectivity index is 1.83. The number of amides is 1. The molecule has 2 aromatic rings. The first kappa shape index (κ1) is 17.4. The largest absolute Gasteiger partial charge is 0.478 e. The van der Waals surface area contributed by atoms with Crippen molar-refractivity contribution in [1.29, 1.82) is 0 Å². The second-order valence-corrected chi connectivity index (χ2v) is 6.40. The van der Waals surface area contributed by atoms with E-state index < -0.39 is 11.5 Å². The molecule has 0 unspecified atom stereocenters. The smallest absolute Gasteiger partial charge is 0.335 e. The molecule has 1 fully saturated rings. The number of aliphatic hydroxyl groups excluding tert-OH is 1. The molecule has 0 aliphatic carbocycles. The molecule has 0 atom stereocenters. The van der Waals surface area contributed by atoms with Crippen LogP contribution in [0.1, 0.15) is 40.0 Å². The van der Waals surface area contributed by atoms with Crippen molar-refractivity contribution in [2.24, 2.45) is 0 Å². The highest BCUT2D eigenvalue weighted by atomic mass is 16.5. The summed E-state index contributed by atoms with van der Waals surface area (Å²) < 4.78 is 5.37. The fourth-order valence-electron chi connectivity index (χ4n) is 3.25. The normalized spacial score (nSPS) is 16.5. The molecule has 0 bridgehead atoms. The van der Waals surface area contributed by atoms with Crippen LogP contribution < -0.4 is 5.32 Å². The number of carboxylic acids is 1. The highest BCUT2D eigenvalue weighted by Gasteiger charge is 2.33. The lowest BCUT2D eigenvalue weighted by Gasteiger charge is -2.37. The first-order valence-corrected chi connectivity index (χ1v) is 8.31. The average Bonchev–Trinajstić information content (AvgIpc) is 2.61. The Labute approximate surface area is 145 Å². The number of hydrogen-bond donors (Lipinski definition) is 3. The molecule has 1 saturated heterocycles. The molecule has 25 heavy (non-hydrogen) atoms. The predicted molar refractivity (Wildman–Crippen MR) is 92.9 cm³/mol. The van der Waals surface area contributed by atoms with Crippen LogP contribution in [0.3, 0.4) is 0 Å². The number of aliphatic hydroxyl groups is 1. The summed E-state index contributed by atoms with van der Waals surface area (Å²) in [6.07, 6.45) is 1.85. The lowest BCUT2D eigenvalue weighted by molar-refractivity contribution is 0.0267. The zero-order valence-corrected chi connectivity index (χ0v) is 13.8. The number of hydrogen-bond acceptors (Lipinski definition) is 4. The lowest BCUT2D eigenvalue weighted by atomic mass is 9.86. The molecule has 6 nitrogen and oxygen atoms in total. The van der Waals surface area contributed by atoms with Crippen molar-refractivity contribution in [1.82, 2.24) is 5.32 Å². The van der Waals surface area contributed by atoms with E-state index in [9.17, 15) is 14.7 Å². The van der Waals surface area contributed by atoms with Gasteiger partial charge in [-0.3, -0.25) is 4.79 Å². The summed E-state index contributed by atoms with van der Waals surface area (Å²) in [5, 5.41) is 23.0. The second-order valence-electron chi connectivity index (χ2n) is 6.40. The Morgan fingerprint density at radius 3 is 2.24 bits per heavy atom. The number of nitrogens with one attached hydrogen (secondary N) is 1. The van der Waals surface area contributed by atoms with Gasteiger partial charge in [-0.15, -0.1) is 0 Å². The number of fused-ring (bicyclic) bond motifs is 1. The molecule has 0 radical (unpaired) electrons. The quantitative estimate of drug-likeness (QED) is 0.773. The monoisotopic (exact) mass is 343 g/mol. The fourth-order valence-corrected chi connectivity index (χ4v) is 3.25. The van der Waals surface area contributed by atoms with Gasteiger partial charge in [-0.2, -0.15) is 0 Å². The maximum absolute atomic E-state index is 12.7. The summed E-state index contributed by atoms with van der Waals surface area (Å²) >= 11 is 0. The van der Waals surface area contributed by atoms with Crippen molar-refractivity contribution in [2.45, 2.75) is 24.8 Å². The van der Waals surface area contributed by atoms with Crippen LogP contribution in [0, 0.1) is 0 Å². The van der Waals surface area contributed by atoms with Gasteiger partial charge in [-0.05, 0) is 54.3 Å². The summed E-state index contributed by atoms with van der Waals surface area (Å²) in [7, 11) is 0. The minimum Gasteiger partial charge on any atom is -0.478 e. The van der Waals surface area contributed by atoms with Crippen LogP contribution in [0.15, 0.2) is 36.4 Å². The maximum Gasteiger partial charge on any atom is 0.335 e. The van der Waals surface area contributed by atoms with Gasteiger partial charge in [0.05, 0.1) is 5.56 Å². The van der Waals surface area contributed by atoms with Crippen molar-refractivity contribution in [3.8, 4) is 0 Å². The highest BCUT2D eigenvalue weighted by Crippen LogP contribution is 2.25. The van der Waals surface area contributed by atoms with E-state index in [2.05, 4.69) is 5.32 Å². The summed E-state index contributed by atoms with van der Waals surface area (Å²) in [5.41, 5.74) is 0.292. The lowest BCUT2D eigenvalue weighted by Crippen LogP contribution is -2.52. The predicted octanol–water partition coefficient (Wildman–Crippen LogP) is 2.20. The molecule has 3 rings (SSSR count). The summed E-state index contributed by atoms with van der Waals surface area (Å²) in [5.74, 6) is -1.17. The van der Waals surface area contributed by atoms with Gasteiger partial charge >= 0.3 is 5.97 Å². The number of rotatable bonds is 5. The van der Waals surface area contributed by atoms with Crippen LogP contribution in [0.25, 0.3) is 10.8 Å². The van der Waals surface area contributed by atoms with Gasteiger partial charge in [-0.25, -0.2) is 4.79 Å². The zero-order chi connectivity index (χ0) is 17.9. The molecule has 6 heteroatoms. The third-order valence-corrected chi connectivity index (χ3v) is 4.77. The van der Waals surface area contributed by atoms with Gasteiger partial charge in [0, 0.05) is 30.9 Å². The van der Waals surface area contributed by atoms with Gasteiger partial charge in [0.15, 0.2) is 0 Å². The molecule has 0 spiro atoms. The Morgan fingerprint density at radius 1 is 1.04 bits per heavy atom. The van der Waals surface area contributed by atoms with Crippen LogP contribution in [0.5, 0.6) is 0 Å². The molecule has 1 aliphatic heterocycles. The first-order chi connectivity index (χ1) is 12.0. The third-order valence-electron chi connectivity index (χ3n) is 4.77. The minimum absolute atomic E-state index is 0.00989. The van der Waals surface area contributed by atoms with Gasteiger partial charge in [0.1, 0.15) is 0 Å². The van der Waals surface area contributed by atoms with Crippen LogP contribution >= 0.6 is 0 Å². The number of carbonyl (C=O) groups excluding carboxylic acids is 1. The Bertz CT molecular complexity index is 790. The minimum atomic E-state index is -0.978. The van der Waals surface area contributed by atoms with Gasteiger partial charge < -0.3 is 20.3 Å². The molecule has 0 saturated carbocycles. The van der Waals surface area contributed by atoms with Crippen LogP contribution in [0.4, 0.5) is 0 Å². The number of aromatic carboxylic acids is 1. The molecule has 132 valence electrons. The maximum atomic E-state index is 12.7. The van der Waals surface area contributed by atoms with E-state index in [1.807, 2.05) is 0 Å². The van der Waals surface area contributed by atoms with Crippen LogP contribution in [-0.4, -0.2) is 47.4 Å². The SMILES string of the molecule is O=C(O)c1ccc2cc(C(=O)NC3(CCO)CCOCC3)ccc2c1. The summed E-state index contributed by atoms with van der Waals surface area (Å²) in [6.45, 7) is 1.14. The van der Waals surface area contributed by atoms with E-state index in [4.69, 9.17) is 9.84 Å². The molecular formula is C19H21NO5. The molecular weight excluding hydrogens is 322 g/mol.